The SMILES string of the molecule is CC(C)c1ccccc1[C@H]1CCCN1C1CC2(CCN(c3ccc(C(=O)NS(=O)(=O)c4cnc(NCC5CCC(N=S6(=O)CCCC6)CO5)c([N+](=O)[O-])c4)c(Oc4cnc5[nH]ccc5c4)c3)CC2)C1. The minimum absolute atomic E-state index is 0.0515. The third-order valence-corrected chi connectivity index (χ3v) is 18.9. The monoisotopic (exact) mass is 979 g/mol. The molecule has 5 aliphatic rings. The zero-order valence-electron chi connectivity index (χ0n) is 39.2. The van der Waals surface area contributed by atoms with Crippen LogP contribution in [-0.2, 0) is 24.5 Å². The molecule has 17 nitrogen and oxygen atoms in total. The fourth-order valence-electron chi connectivity index (χ4n) is 11.3. The van der Waals surface area contributed by atoms with Gasteiger partial charge in [0, 0.05) is 82.4 Å². The van der Waals surface area contributed by atoms with Crippen molar-refractivity contribution in [2.75, 3.05) is 54.5 Å². The highest BCUT2D eigenvalue weighted by Gasteiger charge is 2.50. The van der Waals surface area contributed by atoms with E-state index in [9.17, 15) is 27.5 Å². The number of hydrogen-bond donors (Lipinski definition) is 3. The Hall–Kier alpha value is -5.63. The molecule has 10 rings (SSSR count). The zero-order valence-corrected chi connectivity index (χ0v) is 40.8. The first-order valence-corrected chi connectivity index (χ1v) is 27.7. The largest absolute Gasteiger partial charge is 0.455 e. The van der Waals surface area contributed by atoms with E-state index in [0.29, 0.717) is 65.8 Å². The Labute approximate surface area is 403 Å². The molecule has 0 radical (unpaired) electrons. The second-order valence-corrected chi connectivity index (χ2v) is 24.1. The Morgan fingerprint density at radius 1 is 1.01 bits per heavy atom. The lowest BCUT2D eigenvalue weighted by Gasteiger charge is -2.56. The number of amides is 1. The lowest BCUT2D eigenvalue weighted by Crippen LogP contribution is -2.54. The molecule has 1 amide bonds. The van der Waals surface area contributed by atoms with E-state index in [-0.39, 0.29) is 35.8 Å². The van der Waals surface area contributed by atoms with Gasteiger partial charge in [0.25, 0.3) is 15.9 Å². The number of fused-ring (bicyclic) bond motifs is 1. The number of nitro groups is 1. The van der Waals surface area contributed by atoms with E-state index < -0.39 is 41.2 Å². The van der Waals surface area contributed by atoms with Gasteiger partial charge in [0.05, 0.1) is 41.6 Å². The van der Waals surface area contributed by atoms with Gasteiger partial charge < -0.3 is 24.7 Å². The van der Waals surface area contributed by atoms with Gasteiger partial charge in [-0.25, -0.2) is 31.7 Å². The molecule has 3 atom stereocenters. The standard InChI is InChI=1S/C50H61N9O8S2/c1-33(2)41-8-3-4-9-42(41)44-10-7-19-58(44)37-27-50(28-37)16-20-57(21-17-50)36-12-14-43(46(25-36)67-39-24-34-15-18-51-47(34)52-30-39)49(60)56-69(64,65)40-26-45(59(61)62)48(54-31-40)53-29-38-13-11-35(32-66-38)55-68(63)22-5-6-23-68/h3-4,8-9,12,14-15,18,24-26,30-31,33,35,37-38,44H,5-7,10-11,13,16-17,19-23,27-29,32H2,1-2H3,(H,51,52)(H,53,54)(H,56,60)/t35?,38?,44-/m1/s1. The Balaban J connectivity index is 0.811. The summed E-state index contributed by atoms with van der Waals surface area (Å²) in [5.41, 5.74) is 4.10. The van der Waals surface area contributed by atoms with Crippen molar-refractivity contribution in [2.45, 2.75) is 113 Å². The number of likely N-dealkylation sites (tertiary alicyclic amines) is 1. The van der Waals surface area contributed by atoms with E-state index >= 15 is 0 Å². The zero-order chi connectivity index (χ0) is 47.9. The van der Waals surface area contributed by atoms with E-state index in [2.05, 4.69) is 77.3 Å². The first-order chi connectivity index (χ1) is 33.2. The van der Waals surface area contributed by atoms with Crippen molar-refractivity contribution in [3.63, 3.8) is 0 Å². The van der Waals surface area contributed by atoms with Crippen LogP contribution in [0.25, 0.3) is 11.0 Å². The number of pyridine rings is 2. The number of benzene rings is 2. The van der Waals surface area contributed by atoms with Gasteiger partial charge in [0.2, 0.25) is 5.82 Å². The van der Waals surface area contributed by atoms with Gasteiger partial charge in [-0.3, -0.25) is 19.8 Å². The quantitative estimate of drug-likeness (QED) is 0.0702. The highest BCUT2D eigenvalue weighted by atomic mass is 32.2. The molecule has 1 saturated carbocycles. The molecule has 3 aromatic heterocycles. The molecular formula is C50H61N9O8S2. The molecule has 4 aliphatic heterocycles. The fourth-order valence-corrected chi connectivity index (χ4v) is 14.6. The maximum Gasteiger partial charge on any atom is 0.312 e. The van der Waals surface area contributed by atoms with Crippen LogP contribution in [0.15, 0.2) is 88.5 Å². The Morgan fingerprint density at radius 3 is 2.57 bits per heavy atom. The van der Waals surface area contributed by atoms with Crippen molar-refractivity contribution >= 4 is 53.9 Å². The van der Waals surface area contributed by atoms with Crippen LogP contribution >= 0.6 is 0 Å². The molecule has 4 saturated heterocycles. The summed E-state index contributed by atoms with van der Waals surface area (Å²) in [6, 6.07) is 19.5. The molecule has 7 heterocycles. The summed E-state index contributed by atoms with van der Waals surface area (Å²) in [4.78, 5) is 41.7. The van der Waals surface area contributed by atoms with Crippen LogP contribution in [0.4, 0.5) is 17.2 Å². The van der Waals surface area contributed by atoms with Crippen molar-refractivity contribution in [3.8, 4) is 11.5 Å². The number of hydrogen-bond acceptors (Lipinski definition) is 14. The van der Waals surface area contributed by atoms with Crippen LogP contribution in [0.5, 0.6) is 11.5 Å². The predicted molar refractivity (Wildman–Crippen MR) is 265 cm³/mol. The van der Waals surface area contributed by atoms with Gasteiger partial charge in [-0.1, -0.05) is 38.1 Å². The third-order valence-electron chi connectivity index (χ3n) is 15.0. The number of nitrogens with one attached hydrogen (secondary N) is 3. The second-order valence-electron chi connectivity index (χ2n) is 19.9. The maximum atomic E-state index is 14.0. The van der Waals surface area contributed by atoms with Crippen molar-refractivity contribution in [1.29, 1.82) is 0 Å². The van der Waals surface area contributed by atoms with Crippen LogP contribution in [0, 0.1) is 15.5 Å². The minimum atomic E-state index is -4.66. The molecule has 1 spiro atoms. The van der Waals surface area contributed by atoms with Gasteiger partial charge in [0.15, 0.2) is 0 Å². The molecule has 366 valence electrons. The first kappa shape index (κ1) is 47.1. The number of rotatable bonds is 14. The van der Waals surface area contributed by atoms with Gasteiger partial charge in [-0.05, 0) is 117 Å². The Kier molecular flexibility index (Phi) is 13.2. The predicted octanol–water partition coefficient (Wildman–Crippen LogP) is 8.71. The number of H-pyrrole nitrogens is 1. The van der Waals surface area contributed by atoms with Crippen molar-refractivity contribution < 1.29 is 31.8 Å². The topological polar surface area (TPSA) is 214 Å². The van der Waals surface area contributed by atoms with Crippen molar-refractivity contribution in [1.82, 2.24) is 24.6 Å². The number of anilines is 2. The number of aromatic amines is 1. The van der Waals surface area contributed by atoms with Gasteiger partial charge in [-0.2, -0.15) is 0 Å². The molecule has 3 N–H and O–H groups in total. The Morgan fingerprint density at radius 2 is 1.81 bits per heavy atom. The normalized spacial score (nSPS) is 22.7. The van der Waals surface area contributed by atoms with Crippen LogP contribution < -0.4 is 19.7 Å². The van der Waals surface area contributed by atoms with E-state index in [4.69, 9.17) is 9.47 Å². The van der Waals surface area contributed by atoms with E-state index in [0.717, 1.165) is 68.7 Å². The summed E-state index contributed by atoms with van der Waals surface area (Å²) in [6.45, 7) is 7.84. The highest BCUT2D eigenvalue weighted by molar-refractivity contribution is 7.93. The van der Waals surface area contributed by atoms with Gasteiger partial charge in [-0.15, -0.1) is 0 Å². The van der Waals surface area contributed by atoms with Gasteiger partial charge in [0.1, 0.15) is 22.0 Å². The molecule has 19 heteroatoms. The smallest absolute Gasteiger partial charge is 0.312 e. The van der Waals surface area contributed by atoms with Crippen LogP contribution in [-0.4, -0.2) is 106 Å². The van der Waals surface area contributed by atoms with Gasteiger partial charge >= 0.3 is 5.69 Å². The summed E-state index contributed by atoms with van der Waals surface area (Å²) in [5, 5.41) is 16.0. The molecule has 69 heavy (non-hydrogen) atoms. The van der Waals surface area contributed by atoms with Crippen molar-refractivity contribution in [2.24, 2.45) is 9.78 Å². The summed E-state index contributed by atoms with van der Waals surface area (Å²) in [7, 11) is -6.83. The molecule has 5 fully saturated rings. The lowest BCUT2D eigenvalue weighted by atomic mass is 9.59. The van der Waals surface area contributed by atoms with Crippen LogP contribution in [0.3, 0.4) is 0 Å². The average Bonchev–Trinajstić information content (AvgIpc) is 4.12. The van der Waals surface area contributed by atoms with E-state index in [1.807, 2.05) is 6.07 Å². The molecule has 2 aromatic carbocycles. The summed E-state index contributed by atoms with van der Waals surface area (Å²) in [6.07, 6.45) is 14.0. The maximum absolute atomic E-state index is 14.0. The lowest BCUT2D eigenvalue weighted by molar-refractivity contribution is -0.384. The number of carbonyl (C=O) groups excluding carboxylic acids is 1. The fraction of sp³-hybridized carbons (Fsp3) is 0.500. The number of sulfonamides is 1. The van der Waals surface area contributed by atoms with Crippen LogP contribution in [0.2, 0.25) is 0 Å². The second kappa shape index (κ2) is 19.3. The molecular weight excluding hydrogens is 919 g/mol. The Bertz CT molecular complexity index is 2950. The van der Waals surface area contributed by atoms with E-state index in [1.165, 1.54) is 43.0 Å². The molecule has 0 bridgehead atoms. The third kappa shape index (κ3) is 10.1. The summed E-state index contributed by atoms with van der Waals surface area (Å²) >= 11 is 0. The first-order valence-electron chi connectivity index (χ1n) is 24.4. The van der Waals surface area contributed by atoms with E-state index in [1.54, 1.807) is 30.5 Å². The molecule has 1 aliphatic carbocycles. The summed E-state index contributed by atoms with van der Waals surface area (Å²) in [5.74, 6) is 1.09. The van der Waals surface area contributed by atoms with Crippen molar-refractivity contribution in [3.05, 3.63) is 106 Å². The number of carbonyl (C=O) groups is 1. The minimum Gasteiger partial charge on any atom is -0.455 e. The molecule has 5 aromatic rings. The van der Waals surface area contributed by atoms with Crippen LogP contribution in [0.1, 0.15) is 112 Å². The number of ether oxygens (including phenoxy) is 2. The molecule has 2 unspecified atom stereocenters. The number of aromatic nitrogens is 3. The number of piperidine rings is 1. The average molecular weight is 980 g/mol. The number of nitrogens with zero attached hydrogens (tertiary/aromatic N) is 6. The highest BCUT2D eigenvalue weighted by Crippen LogP contribution is 2.54. The summed E-state index contributed by atoms with van der Waals surface area (Å²) < 4.78 is 59.5.